The van der Waals surface area contributed by atoms with Crippen LogP contribution in [0.3, 0.4) is 0 Å². The first-order valence-electron chi connectivity index (χ1n) is 9.21. The van der Waals surface area contributed by atoms with Gasteiger partial charge in [0, 0.05) is 25.2 Å². The van der Waals surface area contributed by atoms with Crippen molar-refractivity contribution in [1.82, 2.24) is 10.2 Å². The number of hydrogen-bond donors (Lipinski definition) is 1. The zero-order chi connectivity index (χ0) is 21.1. The molecule has 1 aliphatic rings. The first-order valence-corrected chi connectivity index (χ1v) is 9.21. The topological polar surface area (TPSA) is 50.8 Å². The molecule has 2 aromatic rings. The van der Waals surface area contributed by atoms with Crippen molar-refractivity contribution in [3.8, 4) is 11.5 Å². The molecule has 0 aliphatic carbocycles. The van der Waals surface area contributed by atoms with Gasteiger partial charge in [-0.1, -0.05) is 30.3 Å². The molecule has 0 spiro atoms. The fourth-order valence-corrected chi connectivity index (χ4v) is 3.35. The number of carbonyl (C=O) groups excluding carboxylic acids is 1. The molecule has 1 aliphatic heterocycles. The molecule has 1 fully saturated rings. The maximum Gasteiger partial charge on any atom is 0.573 e. The summed E-state index contributed by atoms with van der Waals surface area (Å²) in [6, 6.07) is 13.2. The van der Waals surface area contributed by atoms with E-state index in [0.29, 0.717) is 25.3 Å². The number of likely N-dealkylation sites (tertiary alicyclic amines) is 1. The van der Waals surface area contributed by atoms with Crippen molar-refractivity contribution in [2.75, 3.05) is 13.7 Å². The fraction of sp³-hybridized carbons (Fsp3) is 0.381. The smallest absolute Gasteiger partial charge is 0.496 e. The van der Waals surface area contributed by atoms with Crippen LogP contribution in [0.15, 0.2) is 48.5 Å². The minimum absolute atomic E-state index is 0.0910. The van der Waals surface area contributed by atoms with E-state index in [9.17, 15) is 18.0 Å². The van der Waals surface area contributed by atoms with Crippen molar-refractivity contribution in [2.45, 2.75) is 38.3 Å². The molecule has 1 saturated heterocycles. The molecule has 5 nitrogen and oxygen atoms in total. The van der Waals surface area contributed by atoms with Gasteiger partial charge in [0.05, 0.1) is 12.6 Å². The molecule has 0 bridgehead atoms. The molecule has 2 aromatic carbocycles. The third-order valence-corrected chi connectivity index (χ3v) is 5.22. The molecule has 0 radical (unpaired) electrons. The summed E-state index contributed by atoms with van der Waals surface area (Å²) >= 11 is 0. The van der Waals surface area contributed by atoms with Gasteiger partial charge in [0.15, 0.2) is 0 Å². The molecule has 0 saturated carbocycles. The van der Waals surface area contributed by atoms with Gasteiger partial charge in [0.2, 0.25) is 5.91 Å². The highest BCUT2D eigenvalue weighted by atomic mass is 19.4. The zero-order valence-electron chi connectivity index (χ0n) is 16.3. The number of rotatable bonds is 7. The zero-order valence-corrected chi connectivity index (χ0v) is 16.3. The van der Waals surface area contributed by atoms with E-state index >= 15 is 0 Å². The average Bonchev–Trinajstić information content (AvgIpc) is 2.69. The standard InChI is InChI=1S/C21H23F3N2O3/c1-20(19(27)25-13-16-5-3-4-6-18(16)28-2)11-12-26(20)14-15-7-9-17(10-8-15)29-21(22,23)24/h3-10H,11-14H2,1-2H3,(H,25,27). The summed E-state index contributed by atoms with van der Waals surface area (Å²) in [5, 5.41) is 2.96. The van der Waals surface area contributed by atoms with Crippen LogP contribution in [-0.4, -0.2) is 36.4 Å². The lowest BCUT2D eigenvalue weighted by atomic mass is 9.85. The molecular formula is C21H23F3N2O3. The summed E-state index contributed by atoms with van der Waals surface area (Å²) in [6.45, 7) is 3.43. The Morgan fingerprint density at radius 1 is 1.17 bits per heavy atom. The third-order valence-electron chi connectivity index (χ3n) is 5.22. The number of alkyl halides is 3. The maximum atomic E-state index is 12.8. The number of methoxy groups -OCH3 is 1. The number of nitrogens with zero attached hydrogens (tertiary/aromatic N) is 1. The number of carbonyl (C=O) groups is 1. The maximum absolute atomic E-state index is 12.8. The van der Waals surface area contributed by atoms with Crippen molar-refractivity contribution >= 4 is 5.91 Å². The third kappa shape index (κ3) is 5.00. The monoisotopic (exact) mass is 408 g/mol. The van der Waals surface area contributed by atoms with Crippen LogP contribution in [0.25, 0.3) is 0 Å². The van der Waals surface area contributed by atoms with Gasteiger partial charge in [0.1, 0.15) is 11.5 Å². The van der Waals surface area contributed by atoms with Crippen molar-refractivity contribution in [1.29, 1.82) is 0 Å². The summed E-state index contributed by atoms with van der Waals surface area (Å²) in [5.74, 6) is 0.360. The lowest BCUT2D eigenvalue weighted by molar-refractivity contribution is -0.274. The Bertz CT molecular complexity index is 855. The van der Waals surface area contributed by atoms with Gasteiger partial charge in [-0.3, -0.25) is 9.69 Å². The van der Waals surface area contributed by atoms with Crippen molar-refractivity contribution in [3.05, 3.63) is 59.7 Å². The minimum atomic E-state index is -4.71. The number of nitrogens with one attached hydrogen (secondary N) is 1. The molecule has 1 amide bonds. The highest BCUT2D eigenvalue weighted by Crippen LogP contribution is 2.33. The van der Waals surface area contributed by atoms with E-state index in [1.165, 1.54) is 12.1 Å². The lowest BCUT2D eigenvalue weighted by Crippen LogP contribution is -2.65. The highest BCUT2D eigenvalue weighted by Gasteiger charge is 2.46. The predicted molar refractivity (Wildman–Crippen MR) is 101 cm³/mol. The second-order valence-electron chi connectivity index (χ2n) is 7.13. The van der Waals surface area contributed by atoms with Crippen LogP contribution in [0.4, 0.5) is 13.2 Å². The van der Waals surface area contributed by atoms with Crippen LogP contribution in [0.1, 0.15) is 24.5 Å². The Morgan fingerprint density at radius 2 is 1.86 bits per heavy atom. The number of ether oxygens (including phenoxy) is 2. The van der Waals surface area contributed by atoms with Crippen molar-refractivity contribution in [3.63, 3.8) is 0 Å². The van der Waals surface area contributed by atoms with Crippen LogP contribution < -0.4 is 14.8 Å². The quantitative estimate of drug-likeness (QED) is 0.756. The molecule has 156 valence electrons. The van der Waals surface area contributed by atoms with E-state index in [1.807, 2.05) is 36.1 Å². The van der Waals surface area contributed by atoms with Gasteiger partial charge in [-0.15, -0.1) is 13.2 Å². The van der Waals surface area contributed by atoms with Gasteiger partial charge < -0.3 is 14.8 Å². The largest absolute Gasteiger partial charge is 0.573 e. The minimum Gasteiger partial charge on any atom is -0.496 e. The number of amides is 1. The summed E-state index contributed by atoms with van der Waals surface area (Å²) < 4.78 is 46.0. The SMILES string of the molecule is COc1ccccc1CNC(=O)C1(C)CCN1Cc1ccc(OC(F)(F)F)cc1. The van der Waals surface area contributed by atoms with Gasteiger partial charge in [-0.05, 0) is 37.1 Å². The van der Waals surface area contributed by atoms with Crippen molar-refractivity contribution in [2.24, 2.45) is 0 Å². The van der Waals surface area contributed by atoms with E-state index in [2.05, 4.69) is 10.1 Å². The van der Waals surface area contributed by atoms with E-state index in [-0.39, 0.29) is 11.7 Å². The first-order chi connectivity index (χ1) is 13.7. The molecule has 1 heterocycles. The van der Waals surface area contributed by atoms with Crippen molar-refractivity contribution < 1.29 is 27.4 Å². The van der Waals surface area contributed by atoms with E-state index < -0.39 is 11.9 Å². The molecule has 1 unspecified atom stereocenters. The van der Waals surface area contributed by atoms with Gasteiger partial charge in [0.25, 0.3) is 0 Å². The molecule has 1 atom stereocenters. The van der Waals surface area contributed by atoms with Gasteiger partial charge in [-0.25, -0.2) is 0 Å². The lowest BCUT2D eigenvalue weighted by Gasteiger charge is -2.49. The molecule has 0 aromatic heterocycles. The Labute approximate surface area is 167 Å². The fourth-order valence-electron chi connectivity index (χ4n) is 3.35. The second-order valence-corrected chi connectivity index (χ2v) is 7.13. The van der Waals surface area contributed by atoms with Crippen LogP contribution >= 0.6 is 0 Å². The Morgan fingerprint density at radius 3 is 2.45 bits per heavy atom. The number of para-hydroxylation sites is 1. The van der Waals surface area contributed by atoms with E-state index in [0.717, 1.165) is 17.7 Å². The molecule has 3 rings (SSSR count). The molecular weight excluding hydrogens is 385 g/mol. The molecule has 8 heteroatoms. The summed E-state index contributed by atoms with van der Waals surface area (Å²) in [6.07, 6.45) is -4.00. The van der Waals surface area contributed by atoms with Crippen LogP contribution in [0.2, 0.25) is 0 Å². The highest BCUT2D eigenvalue weighted by molar-refractivity contribution is 5.87. The second kappa shape index (κ2) is 8.32. The number of halogens is 3. The summed E-state index contributed by atoms with van der Waals surface area (Å²) in [7, 11) is 1.58. The van der Waals surface area contributed by atoms with Crippen LogP contribution in [-0.2, 0) is 17.9 Å². The Hall–Kier alpha value is -2.74. The number of benzene rings is 2. The van der Waals surface area contributed by atoms with Crippen LogP contribution in [0.5, 0.6) is 11.5 Å². The predicted octanol–water partition coefficient (Wildman–Crippen LogP) is 3.87. The van der Waals surface area contributed by atoms with Crippen LogP contribution in [0, 0.1) is 0 Å². The average molecular weight is 408 g/mol. The van der Waals surface area contributed by atoms with Gasteiger partial charge >= 0.3 is 6.36 Å². The Kier molecular flexibility index (Phi) is 6.02. The Balaban J connectivity index is 1.58. The number of hydrogen-bond acceptors (Lipinski definition) is 4. The van der Waals surface area contributed by atoms with E-state index in [1.54, 1.807) is 19.2 Å². The first kappa shape index (κ1) is 21.0. The van der Waals surface area contributed by atoms with Gasteiger partial charge in [-0.2, -0.15) is 0 Å². The summed E-state index contributed by atoms with van der Waals surface area (Å²) in [5.41, 5.74) is 1.03. The molecule has 1 N–H and O–H groups in total. The molecule has 29 heavy (non-hydrogen) atoms. The summed E-state index contributed by atoms with van der Waals surface area (Å²) in [4.78, 5) is 14.8. The van der Waals surface area contributed by atoms with E-state index in [4.69, 9.17) is 4.74 Å². The normalized spacial score (nSPS) is 19.3.